The summed E-state index contributed by atoms with van der Waals surface area (Å²) in [6.45, 7) is 8.17. The van der Waals surface area contributed by atoms with Gasteiger partial charge in [-0.05, 0) is 19.8 Å². The van der Waals surface area contributed by atoms with Crippen molar-refractivity contribution in [2.24, 2.45) is 0 Å². The lowest BCUT2D eigenvalue weighted by molar-refractivity contribution is -0.238. The molecular formula is C14H28ClNO2. The van der Waals surface area contributed by atoms with Crippen molar-refractivity contribution in [2.75, 3.05) is 13.2 Å². The number of hydrogen-bond donors (Lipinski definition) is 1. The van der Waals surface area contributed by atoms with E-state index in [2.05, 4.69) is 26.1 Å². The van der Waals surface area contributed by atoms with E-state index in [-0.39, 0.29) is 30.2 Å². The van der Waals surface area contributed by atoms with E-state index in [1.54, 1.807) is 0 Å². The Morgan fingerprint density at radius 1 is 1.22 bits per heavy atom. The van der Waals surface area contributed by atoms with E-state index in [4.69, 9.17) is 9.47 Å². The molecule has 3 nitrogen and oxygen atoms in total. The third-order valence-corrected chi connectivity index (χ3v) is 4.15. The third kappa shape index (κ3) is 3.83. The summed E-state index contributed by atoms with van der Waals surface area (Å²) in [5.41, 5.74) is 0.0343. The first-order valence-corrected chi connectivity index (χ1v) is 7.15. The van der Waals surface area contributed by atoms with Gasteiger partial charge in [-0.2, -0.15) is 0 Å². The van der Waals surface area contributed by atoms with Crippen LogP contribution in [0.25, 0.3) is 0 Å². The standard InChI is InChI=1S/C14H27NO2.ClH/c1-11(2)15-9-13-10-16-14(12(3)17-13)7-5-4-6-8-14;/h11-13,15H,4-10H2,1-3H3;1H. The SMILES string of the molecule is CC(C)NCC1COC2(CCCCC2)C(C)O1.Cl. The van der Waals surface area contributed by atoms with E-state index < -0.39 is 0 Å². The summed E-state index contributed by atoms with van der Waals surface area (Å²) < 4.78 is 12.3. The lowest BCUT2D eigenvalue weighted by atomic mass is 9.80. The van der Waals surface area contributed by atoms with Gasteiger partial charge in [0.25, 0.3) is 0 Å². The minimum Gasteiger partial charge on any atom is -0.370 e. The van der Waals surface area contributed by atoms with Crippen molar-refractivity contribution < 1.29 is 9.47 Å². The van der Waals surface area contributed by atoms with Crippen molar-refractivity contribution >= 4 is 12.4 Å². The molecule has 1 heterocycles. The van der Waals surface area contributed by atoms with Crippen LogP contribution >= 0.6 is 12.4 Å². The van der Waals surface area contributed by atoms with Gasteiger partial charge in [-0.3, -0.25) is 0 Å². The number of rotatable bonds is 3. The fraction of sp³-hybridized carbons (Fsp3) is 1.00. The van der Waals surface area contributed by atoms with E-state index in [1.165, 1.54) is 32.1 Å². The van der Waals surface area contributed by atoms with Crippen LogP contribution in [0.2, 0.25) is 0 Å². The van der Waals surface area contributed by atoms with Crippen LogP contribution in [0.5, 0.6) is 0 Å². The van der Waals surface area contributed by atoms with Crippen LogP contribution in [0, 0.1) is 0 Å². The average Bonchev–Trinajstić information content (AvgIpc) is 2.32. The summed E-state index contributed by atoms with van der Waals surface area (Å²) in [5, 5.41) is 3.42. The molecule has 18 heavy (non-hydrogen) atoms. The molecule has 1 spiro atoms. The quantitative estimate of drug-likeness (QED) is 0.860. The van der Waals surface area contributed by atoms with Gasteiger partial charge < -0.3 is 14.8 Å². The average molecular weight is 278 g/mol. The maximum atomic E-state index is 6.20. The summed E-state index contributed by atoms with van der Waals surface area (Å²) in [6.07, 6.45) is 6.77. The van der Waals surface area contributed by atoms with Crippen LogP contribution in [0.15, 0.2) is 0 Å². The molecule has 0 bridgehead atoms. The summed E-state index contributed by atoms with van der Waals surface area (Å²) >= 11 is 0. The maximum absolute atomic E-state index is 6.20. The van der Waals surface area contributed by atoms with Gasteiger partial charge in [-0.1, -0.05) is 33.1 Å². The van der Waals surface area contributed by atoms with Crippen LogP contribution in [0.4, 0.5) is 0 Å². The van der Waals surface area contributed by atoms with E-state index in [0.29, 0.717) is 6.04 Å². The van der Waals surface area contributed by atoms with Crippen molar-refractivity contribution in [1.82, 2.24) is 5.32 Å². The third-order valence-electron chi connectivity index (χ3n) is 4.15. The highest BCUT2D eigenvalue weighted by Gasteiger charge is 2.43. The minimum atomic E-state index is 0. The molecule has 1 saturated heterocycles. The molecule has 1 N–H and O–H groups in total. The zero-order chi connectivity index (χ0) is 12.3. The molecule has 0 aromatic heterocycles. The normalized spacial score (nSPS) is 31.3. The van der Waals surface area contributed by atoms with Gasteiger partial charge in [-0.25, -0.2) is 0 Å². The van der Waals surface area contributed by atoms with Gasteiger partial charge in [0.2, 0.25) is 0 Å². The van der Waals surface area contributed by atoms with Gasteiger partial charge in [0, 0.05) is 12.6 Å². The first kappa shape index (κ1) is 16.2. The predicted molar refractivity (Wildman–Crippen MR) is 76.5 cm³/mol. The Bertz CT molecular complexity index is 242. The molecule has 0 amide bonds. The Morgan fingerprint density at radius 2 is 1.89 bits per heavy atom. The predicted octanol–water partition coefficient (Wildman–Crippen LogP) is 2.91. The topological polar surface area (TPSA) is 30.5 Å². The largest absolute Gasteiger partial charge is 0.370 e. The second-order valence-electron chi connectivity index (χ2n) is 5.90. The highest BCUT2D eigenvalue weighted by atomic mass is 35.5. The number of ether oxygens (including phenoxy) is 2. The Kier molecular flexibility index (Phi) is 6.39. The summed E-state index contributed by atoms with van der Waals surface area (Å²) in [7, 11) is 0. The molecule has 1 aliphatic carbocycles. The van der Waals surface area contributed by atoms with Crippen molar-refractivity contribution in [3.05, 3.63) is 0 Å². The van der Waals surface area contributed by atoms with E-state index >= 15 is 0 Å². The molecule has 2 fully saturated rings. The molecule has 2 aliphatic rings. The second kappa shape index (κ2) is 7.09. The molecule has 2 atom stereocenters. The highest BCUT2D eigenvalue weighted by molar-refractivity contribution is 5.85. The summed E-state index contributed by atoms with van der Waals surface area (Å²) in [6, 6.07) is 0.513. The molecular weight excluding hydrogens is 250 g/mol. The van der Waals surface area contributed by atoms with Crippen LogP contribution < -0.4 is 5.32 Å². The molecule has 0 aromatic rings. The minimum absolute atomic E-state index is 0. The number of halogens is 1. The van der Waals surface area contributed by atoms with Crippen LogP contribution in [0.3, 0.4) is 0 Å². The zero-order valence-electron chi connectivity index (χ0n) is 11.9. The molecule has 1 aliphatic heterocycles. The van der Waals surface area contributed by atoms with Crippen LogP contribution in [0.1, 0.15) is 52.9 Å². The molecule has 1 saturated carbocycles. The van der Waals surface area contributed by atoms with Crippen molar-refractivity contribution in [3.63, 3.8) is 0 Å². The first-order valence-electron chi connectivity index (χ1n) is 7.15. The number of nitrogens with one attached hydrogen (secondary N) is 1. The fourth-order valence-corrected chi connectivity index (χ4v) is 3.00. The zero-order valence-corrected chi connectivity index (χ0v) is 12.7. The Labute approximate surface area is 117 Å². The fourth-order valence-electron chi connectivity index (χ4n) is 3.00. The van der Waals surface area contributed by atoms with E-state index in [1.807, 2.05) is 0 Å². The van der Waals surface area contributed by atoms with Crippen LogP contribution in [-0.4, -0.2) is 37.0 Å². The second-order valence-corrected chi connectivity index (χ2v) is 5.90. The van der Waals surface area contributed by atoms with Crippen molar-refractivity contribution in [3.8, 4) is 0 Å². The van der Waals surface area contributed by atoms with Gasteiger partial charge in [-0.15, -0.1) is 12.4 Å². The first-order chi connectivity index (χ1) is 8.12. The molecule has 0 aromatic carbocycles. The number of hydrogen-bond acceptors (Lipinski definition) is 3. The maximum Gasteiger partial charge on any atom is 0.0941 e. The monoisotopic (exact) mass is 277 g/mol. The lowest BCUT2D eigenvalue weighted by Crippen LogP contribution is -2.55. The molecule has 108 valence electrons. The summed E-state index contributed by atoms with van der Waals surface area (Å²) in [4.78, 5) is 0. The van der Waals surface area contributed by atoms with Crippen molar-refractivity contribution in [2.45, 2.75) is 76.7 Å². The highest BCUT2D eigenvalue weighted by Crippen LogP contribution is 2.38. The Morgan fingerprint density at radius 3 is 2.44 bits per heavy atom. The lowest BCUT2D eigenvalue weighted by Gasteiger charge is -2.47. The van der Waals surface area contributed by atoms with Gasteiger partial charge in [0.05, 0.1) is 24.4 Å². The Hall–Kier alpha value is 0.170. The van der Waals surface area contributed by atoms with Crippen molar-refractivity contribution in [1.29, 1.82) is 0 Å². The van der Waals surface area contributed by atoms with Gasteiger partial charge in [0.1, 0.15) is 0 Å². The smallest absolute Gasteiger partial charge is 0.0941 e. The molecule has 0 radical (unpaired) electrons. The van der Waals surface area contributed by atoms with Gasteiger partial charge in [0.15, 0.2) is 0 Å². The Balaban J connectivity index is 0.00000162. The summed E-state index contributed by atoms with van der Waals surface area (Å²) in [5.74, 6) is 0. The van der Waals surface area contributed by atoms with E-state index in [0.717, 1.165) is 13.2 Å². The molecule has 2 rings (SSSR count). The van der Waals surface area contributed by atoms with Crippen LogP contribution in [-0.2, 0) is 9.47 Å². The van der Waals surface area contributed by atoms with E-state index in [9.17, 15) is 0 Å². The van der Waals surface area contributed by atoms with Gasteiger partial charge >= 0.3 is 0 Å². The molecule has 4 heteroatoms. The molecule has 2 unspecified atom stereocenters.